The van der Waals surface area contributed by atoms with Crippen LogP contribution in [0.1, 0.15) is 36.6 Å². The van der Waals surface area contributed by atoms with Crippen LogP contribution in [0.3, 0.4) is 0 Å². The number of carbonyl (C=O) groups excluding carboxylic acids is 3. The van der Waals surface area contributed by atoms with Gasteiger partial charge in [-0.1, -0.05) is 37.6 Å². The summed E-state index contributed by atoms with van der Waals surface area (Å²) in [6.07, 6.45) is 2.51. The Kier molecular flexibility index (Phi) is 5.46. The van der Waals surface area contributed by atoms with Gasteiger partial charge in [0.15, 0.2) is 5.13 Å². The molecule has 0 saturated carbocycles. The number of aromatic nitrogens is 1. The van der Waals surface area contributed by atoms with Gasteiger partial charge in [-0.25, -0.2) is 4.98 Å². The molecule has 0 spiro atoms. The SMILES string of the molecule is CCCc1ccc(-c2nc(NC(=O)CN3C(=O)CCC3=O)sc2C)cc1. The topological polar surface area (TPSA) is 79.4 Å². The number of thiazole rings is 1. The van der Waals surface area contributed by atoms with Gasteiger partial charge in [-0.15, -0.1) is 11.3 Å². The van der Waals surface area contributed by atoms with Gasteiger partial charge in [0, 0.05) is 23.3 Å². The Bertz CT molecular complexity index is 826. The number of rotatable bonds is 6. The Hall–Kier alpha value is -2.54. The Labute approximate surface area is 156 Å². The Balaban J connectivity index is 1.68. The second-order valence-electron chi connectivity index (χ2n) is 6.29. The second-order valence-corrected chi connectivity index (χ2v) is 7.50. The van der Waals surface area contributed by atoms with E-state index in [1.807, 2.05) is 19.1 Å². The van der Waals surface area contributed by atoms with E-state index in [1.54, 1.807) is 0 Å². The van der Waals surface area contributed by atoms with Crippen molar-refractivity contribution in [2.75, 3.05) is 11.9 Å². The summed E-state index contributed by atoms with van der Waals surface area (Å²) < 4.78 is 0. The first-order valence-corrected chi connectivity index (χ1v) is 9.49. The molecule has 6 nitrogen and oxygen atoms in total. The van der Waals surface area contributed by atoms with Gasteiger partial charge in [-0.2, -0.15) is 0 Å². The van der Waals surface area contributed by atoms with E-state index < -0.39 is 5.91 Å². The van der Waals surface area contributed by atoms with Crippen molar-refractivity contribution >= 4 is 34.2 Å². The molecule has 1 aromatic heterocycles. The van der Waals surface area contributed by atoms with Crippen LogP contribution in [0.5, 0.6) is 0 Å². The van der Waals surface area contributed by atoms with Crippen molar-refractivity contribution in [1.29, 1.82) is 0 Å². The third-order valence-electron chi connectivity index (χ3n) is 4.27. The van der Waals surface area contributed by atoms with Gasteiger partial charge >= 0.3 is 0 Å². The number of anilines is 1. The van der Waals surface area contributed by atoms with Crippen LogP contribution < -0.4 is 5.32 Å². The molecule has 136 valence electrons. The Morgan fingerprint density at radius 3 is 2.46 bits per heavy atom. The third-order valence-corrected chi connectivity index (χ3v) is 5.15. The molecule has 0 atom stereocenters. The van der Waals surface area contributed by atoms with E-state index in [9.17, 15) is 14.4 Å². The molecule has 1 N–H and O–H groups in total. The van der Waals surface area contributed by atoms with Crippen LogP contribution >= 0.6 is 11.3 Å². The molecule has 26 heavy (non-hydrogen) atoms. The summed E-state index contributed by atoms with van der Waals surface area (Å²) in [6.45, 7) is 3.85. The lowest BCUT2D eigenvalue weighted by atomic mass is 10.1. The van der Waals surface area contributed by atoms with E-state index in [0.717, 1.165) is 33.9 Å². The monoisotopic (exact) mass is 371 g/mol. The molecule has 0 bridgehead atoms. The highest BCUT2D eigenvalue weighted by molar-refractivity contribution is 7.16. The average molecular weight is 371 g/mol. The van der Waals surface area contributed by atoms with Gasteiger partial charge in [0.05, 0.1) is 5.69 Å². The highest BCUT2D eigenvalue weighted by atomic mass is 32.1. The number of nitrogens with one attached hydrogen (secondary N) is 1. The van der Waals surface area contributed by atoms with E-state index in [2.05, 4.69) is 29.4 Å². The van der Waals surface area contributed by atoms with Gasteiger partial charge < -0.3 is 5.32 Å². The van der Waals surface area contributed by atoms with Crippen molar-refractivity contribution in [2.45, 2.75) is 39.5 Å². The molecule has 7 heteroatoms. The summed E-state index contributed by atoms with van der Waals surface area (Å²) in [5, 5.41) is 3.17. The van der Waals surface area contributed by atoms with Gasteiger partial charge in [-0.05, 0) is 18.9 Å². The van der Waals surface area contributed by atoms with Gasteiger partial charge in [-0.3, -0.25) is 19.3 Å². The molecule has 0 unspecified atom stereocenters. The fourth-order valence-corrected chi connectivity index (χ4v) is 3.79. The number of carbonyl (C=O) groups is 3. The van der Waals surface area contributed by atoms with Crippen LogP contribution in [-0.4, -0.2) is 34.2 Å². The summed E-state index contributed by atoms with van der Waals surface area (Å²) >= 11 is 1.38. The Morgan fingerprint density at radius 2 is 1.85 bits per heavy atom. The summed E-state index contributed by atoms with van der Waals surface area (Å²) in [5.41, 5.74) is 3.13. The van der Waals surface area contributed by atoms with Crippen molar-refractivity contribution in [3.05, 3.63) is 34.7 Å². The minimum Gasteiger partial charge on any atom is -0.300 e. The minimum atomic E-state index is -0.410. The first kappa shape index (κ1) is 18.3. The molecule has 1 saturated heterocycles. The lowest BCUT2D eigenvalue weighted by Gasteiger charge is -2.12. The minimum absolute atomic E-state index is 0.181. The van der Waals surface area contributed by atoms with Crippen LogP contribution in [0.2, 0.25) is 0 Å². The van der Waals surface area contributed by atoms with Crippen molar-refractivity contribution in [2.24, 2.45) is 0 Å². The number of hydrogen-bond acceptors (Lipinski definition) is 5. The lowest BCUT2D eigenvalue weighted by molar-refractivity contribution is -0.141. The van der Waals surface area contributed by atoms with E-state index in [4.69, 9.17) is 0 Å². The van der Waals surface area contributed by atoms with Crippen LogP contribution in [-0.2, 0) is 20.8 Å². The van der Waals surface area contributed by atoms with Gasteiger partial charge in [0.1, 0.15) is 6.54 Å². The third kappa shape index (κ3) is 3.99. The fraction of sp³-hybridized carbons (Fsp3) is 0.368. The Morgan fingerprint density at radius 1 is 1.19 bits per heavy atom. The molecule has 1 fully saturated rings. The van der Waals surface area contributed by atoms with Crippen LogP contribution in [0.15, 0.2) is 24.3 Å². The second kappa shape index (κ2) is 7.78. The fourth-order valence-electron chi connectivity index (χ4n) is 2.94. The smallest absolute Gasteiger partial charge is 0.246 e. The molecule has 0 aliphatic carbocycles. The molecular weight excluding hydrogens is 350 g/mol. The highest BCUT2D eigenvalue weighted by Gasteiger charge is 2.30. The maximum Gasteiger partial charge on any atom is 0.246 e. The maximum absolute atomic E-state index is 12.1. The van der Waals surface area contributed by atoms with Gasteiger partial charge in [0.25, 0.3) is 0 Å². The van der Waals surface area contributed by atoms with E-state index in [-0.39, 0.29) is 31.2 Å². The average Bonchev–Trinajstić information content (AvgIpc) is 3.12. The molecule has 1 aliphatic heterocycles. The molecule has 2 aromatic rings. The molecule has 3 amide bonds. The highest BCUT2D eigenvalue weighted by Crippen LogP contribution is 2.30. The van der Waals surface area contributed by atoms with E-state index in [0.29, 0.717) is 5.13 Å². The molecule has 3 rings (SSSR count). The maximum atomic E-state index is 12.1. The van der Waals surface area contributed by atoms with Crippen LogP contribution in [0.4, 0.5) is 5.13 Å². The predicted octanol–water partition coefficient (Wildman–Crippen LogP) is 3.16. The molecular formula is C19H21N3O3S. The number of amides is 3. The zero-order chi connectivity index (χ0) is 18.7. The lowest BCUT2D eigenvalue weighted by Crippen LogP contribution is -2.36. The number of benzene rings is 1. The molecule has 1 aromatic carbocycles. The van der Waals surface area contributed by atoms with Crippen molar-refractivity contribution in [1.82, 2.24) is 9.88 Å². The normalized spacial score (nSPS) is 14.2. The zero-order valence-electron chi connectivity index (χ0n) is 14.9. The first-order valence-electron chi connectivity index (χ1n) is 8.67. The van der Waals surface area contributed by atoms with Crippen LogP contribution in [0.25, 0.3) is 11.3 Å². The number of hydrogen-bond donors (Lipinski definition) is 1. The predicted molar refractivity (Wildman–Crippen MR) is 101 cm³/mol. The zero-order valence-corrected chi connectivity index (χ0v) is 15.7. The van der Waals surface area contributed by atoms with E-state index >= 15 is 0 Å². The summed E-state index contributed by atoms with van der Waals surface area (Å²) in [5.74, 6) is -1.01. The molecule has 2 heterocycles. The van der Waals surface area contributed by atoms with Crippen molar-refractivity contribution in [3.8, 4) is 11.3 Å². The van der Waals surface area contributed by atoms with Crippen molar-refractivity contribution < 1.29 is 14.4 Å². The van der Waals surface area contributed by atoms with Crippen LogP contribution in [0, 0.1) is 6.92 Å². The molecule has 0 radical (unpaired) electrons. The van der Waals surface area contributed by atoms with E-state index in [1.165, 1.54) is 16.9 Å². The number of aryl methyl sites for hydroxylation is 2. The summed E-state index contributed by atoms with van der Waals surface area (Å²) in [4.78, 5) is 41.9. The number of imide groups is 1. The standard InChI is InChI=1S/C19H21N3O3S/c1-3-4-13-5-7-14(8-6-13)18-12(2)26-19(21-18)20-15(23)11-22-16(24)9-10-17(22)25/h5-8H,3-4,9-11H2,1-2H3,(H,20,21,23). The first-order chi connectivity index (χ1) is 12.5. The number of likely N-dealkylation sites (tertiary alicyclic amines) is 1. The van der Waals surface area contributed by atoms with Gasteiger partial charge in [0.2, 0.25) is 17.7 Å². The molecule has 1 aliphatic rings. The summed E-state index contributed by atoms with van der Waals surface area (Å²) in [7, 11) is 0. The summed E-state index contributed by atoms with van der Waals surface area (Å²) in [6, 6.07) is 8.28. The quantitative estimate of drug-likeness (QED) is 0.791. The largest absolute Gasteiger partial charge is 0.300 e. The van der Waals surface area contributed by atoms with Crippen molar-refractivity contribution in [3.63, 3.8) is 0 Å². The number of nitrogens with zero attached hydrogens (tertiary/aromatic N) is 2.